The van der Waals surface area contributed by atoms with Gasteiger partial charge in [-0.3, -0.25) is 4.79 Å². The molecule has 0 spiro atoms. The molecular formula is C26H35NO3. The zero-order valence-electron chi connectivity index (χ0n) is 18.1. The molecule has 1 saturated heterocycles. The first-order chi connectivity index (χ1) is 14.6. The molecule has 0 saturated carbocycles. The number of aliphatic hydroxyl groups is 1. The number of nitrogens with zero attached hydrogens (tertiary/aromatic N) is 1. The van der Waals surface area contributed by atoms with Gasteiger partial charge in [0, 0.05) is 6.42 Å². The van der Waals surface area contributed by atoms with Gasteiger partial charge in [-0.1, -0.05) is 67.1 Å². The molecule has 1 heterocycles. The van der Waals surface area contributed by atoms with Crippen LogP contribution in [0.3, 0.4) is 0 Å². The van der Waals surface area contributed by atoms with E-state index in [0.29, 0.717) is 13.0 Å². The highest BCUT2D eigenvalue weighted by Crippen LogP contribution is 2.41. The van der Waals surface area contributed by atoms with Crippen molar-refractivity contribution in [3.63, 3.8) is 0 Å². The van der Waals surface area contributed by atoms with E-state index in [4.69, 9.17) is 4.74 Å². The first kappa shape index (κ1) is 22.5. The normalized spacial score (nSPS) is 15.8. The van der Waals surface area contributed by atoms with Gasteiger partial charge in [0.15, 0.2) is 0 Å². The zero-order chi connectivity index (χ0) is 21.2. The van der Waals surface area contributed by atoms with Crippen LogP contribution in [-0.2, 0) is 15.1 Å². The minimum atomic E-state index is -0.950. The quantitative estimate of drug-likeness (QED) is 0.454. The Hall–Kier alpha value is -2.17. The number of piperidine rings is 1. The van der Waals surface area contributed by atoms with Gasteiger partial charge in [0.2, 0.25) is 0 Å². The summed E-state index contributed by atoms with van der Waals surface area (Å²) in [4.78, 5) is 13.9. The molecule has 0 unspecified atom stereocenters. The van der Waals surface area contributed by atoms with E-state index in [1.807, 2.05) is 67.6 Å². The molecule has 0 aromatic heterocycles. The molecule has 4 heteroatoms. The van der Waals surface area contributed by atoms with Crippen molar-refractivity contribution >= 4 is 5.97 Å². The van der Waals surface area contributed by atoms with Crippen LogP contribution in [0.1, 0.15) is 56.6 Å². The van der Waals surface area contributed by atoms with Gasteiger partial charge in [-0.15, -0.1) is 0 Å². The van der Waals surface area contributed by atoms with E-state index < -0.39 is 5.60 Å². The van der Waals surface area contributed by atoms with Crippen LogP contribution in [0.25, 0.3) is 0 Å². The number of hydrogen-bond donors (Lipinski definition) is 1. The van der Waals surface area contributed by atoms with Gasteiger partial charge >= 0.3 is 5.97 Å². The second kappa shape index (κ2) is 11.3. The lowest BCUT2D eigenvalue weighted by atomic mass is 9.72. The fourth-order valence-corrected chi connectivity index (χ4v) is 4.61. The Bertz CT molecular complexity index is 715. The zero-order valence-corrected chi connectivity index (χ0v) is 18.1. The van der Waals surface area contributed by atoms with E-state index in [2.05, 4.69) is 4.90 Å². The Morgan fingerprint density at radius 2 is 1.53 bits per heavy atom. The molecule has 4 nitrogen and oxygen atoms in total. The Kier molecular flexibility index (Phi) is 8.47. The standard InChI is InChI=1S/C26H35NO3/c1-2-30-25(28)16-10-5-11-19-27-20-17-24(18-21-27)26(29,22-12-6-3-7-13-22)23-14-8-4-9-15-23/h3-4,6-9,12-15,24,29H,2,5,10-11,16-21H2,1H3. The second-order valence-corrected chi connectivity index (χ2v) is 8.23. The molecule has 3 rings (SSSR count). The fourth-order valence-electron chi connectivity index (χ4n) is 4.61. The van der Waals surface area contributed by atoms with Gasteiger partial charge in [0.25, 0.3) is 0 Å². The molecule has 1 aliphatic rings. The number of hydrogen-bond acceptors (Lipinski definition) is 4. The van der Waals surface area contributed by atoms with Crippen molar-refractivity contribution in [2.24, 2.45) is 5.92 Å². The van der Waals surface area contributed by atoms with Crippen LogP contribution in [0.2, 0.25) is 0 Å². The minimum absolute atomic E-state index is 0.0839. The molecule has 30 heavy (non-hydrogen) atoms. The number of esters is 1. The highest BCUT2D eigenvalue weighted by atomic mass is 16.5. The highest BCUT2D eigenvalue weighted by Gasteiger charge is 2.41. The van der Waals surface area contributed by atoms with Crippen molar-refractivity contribution in [3.8, 4) is 0 Å². The average Bonchev–Trinajstić information content (AvgIpc) is 2.80. The number of carbonyl (C=O) groups is 1. The molecule has 1 fully saturated rings. The molecular weight excluding hydrogens is 374 g/mol. The van der Waals surface area contributed by atoms with E-state index in [-0.39, 0.29) is 11.9 Å². The molecule has 0 amide bonds. The molecule has 0 aliphatic carbocycles. The van der Waals surface area contributed by atoms with E-state index in [0.717, 1.165) is 62.9 Å². The SMILES string of the molecule is CCOC(=O)CCCCCN1CCC(C(O)(c2ccccc2)c2ccccc2)CC1. The predicted octanol–water partition coefficient (Wildman–Crippen LogP) is 4.76. The van der Waals surface area contributed by atoms with Crippen LogP contribution < -0.4 is 0 Å². The summed E-state index contributed by atoms with van der Waals surface area (Å²) in [5.74, 6) is 0.113. The van der Waals surface area contributed by atoms with Crippen molar-refractivity contribution in [2.45, 2.75) is 51.0 Å². The number of unbranched alkanes of at least 4 members (excludes halogenated alkanes) is 2. The lowest BCUT2D eigenvalue weighted by molar-refractivity contribution is -0.143. The summed E-state index contributed by atoms with van der Waals surface area (Å²) in [6.07, 6.45) is 5.53. The lowest BCUT2D eigenvalue weighted by Gasteiger charge is -2.42. The molecule has 1 N–H and O–H groups in total. The Morgan fingerprint density at radius 3 is 2.07 bits per heavy atom. The molecule has 0 bridgehead atoms. The van der Waals surface area contributed by atoms with Crippen LogP contribution in [0.5, 0.6) is 0 Å². The van der Waals surface area contributed by atoms with E-state index in [9.17, 15) is 9.90 Å². The molecule has 0 atom stereocenters. The largest absolute Gasteiger partial charge is 0.466 e. The summed E-state index contributed by atoms with van der Waals surface area (Å²) in [5, 5.41) is 11.9. The summed E-state index contributed by atoms with van der Waals surface area (Å²) in [6, 6.07) is 20.2. The van der Waals surface area contributed by atoms with Gasteiger partial charge in [0.1, 0.15) is 5.60 Å². The summed E-state index contributed by atoms with van der Waals surface area (Å²) in [5.41, 5.74) is 1.01. The number of ether oxygens (including phenoxy) is 1. The summed E-state index contributed by atoms with van der Waals surface area (Å²) in [6.45, 7) is 5.38. The summed E-state index contributed by atoms with van der Waals surface area (Å²) < 4.78 is 4.98. The van der Waals surface area contributed by atoms with Gasteiger partial charge < -0.3 is 14.7 Å². The lowest BCUT2D eigenvalue weighted by Crippen LogP contribution is -2.44. The predicted molar refractivity (Wildman–Crippen MR) is 120 cm³/mol. The third-order valence-corrected chi connectivity index (χ3v) is 6.27. The maximum absolute atomic E-state index is 11.9. The van der Waals surface area contributed by atoms with E-state index >= 15 is 0 Å². The number of rotatable bonds is 10. The monoisotopic (exact) mass is 409 g/mol. The average molecular weight is 410 g/mol. The fraction of sp³-hybridized carbons (Fsp3) is 0.500. The Balaban J connectivity index is 1.54. The smallest absolute Gasteiger partial charge is 0.305 e. The van der Waals surface area contributed by atoms with Gasteiger partial charge in [-0.2, -0.15) is 0 Å². The number of likely N-dealkylation sites (tertiary alicyclic amines) is 1. The third kappa shape index (κ3) is 5.71. The maximum Gasteiger partial charge on any atom is 0.305 e. The van der Waals surface area contributed by atoms with Crippen molar-refractivity contribution in [3.05, 3.63) is 71.8 Å². The van der Waals surface area contributed by atoms with Crippen molar-refractivity contribution in [2.75, 3.05) is 26.2 Å². The Morgan fingerprint density at radius 1 is 0.967 bits per heavy atom. The molecule has 1 aliphatic heterocycles. The van der Waals surface area contributed by atoms with Crippen molar-refractivity contribution < 1.29 is 14.6 Å². The minimum Gasteiger partial charge on any atom is -0.466 e. The third-order valence-electron chi connectivity index (χ3n) is 6.27. The summed E-state index contributed by atoms with van der Waals surface area (Å²) in [7, 11) is 0. The van der Waals surface area contributed by atoms with Crippen LogP contribution in [0.4, 0.5) is 0 Å². The number of carbonyl (C=O) groups excluding carboxylic acids is 1. The summed E-state index contributed by atoms with van der Waals surface area (Å²) >= 11 is 0. The van der Waals surface area contributed by atoms with Gasteiger partial charge in [-0.05, 0) is 69.3 Å². The topological polar surface area (TPSA) is 49.8 Å². The Labute approximate surface area is 180 Å². The maximum atomic E-state index is 11.9. The van der Waals surface area contributed by atoms with Crippen LogP contribution in [0.15, 0.2) is 60.7 Å². The van der Waals surface area contributed by atoms with Gasteiger partial charge in [-0.25, -0.2) is 0 Å². The van der Waals surface area contributed by atoms with Crippen molar-refractivity contribution in [1.29, 1.82) is 0 Å². The molecule has 0 radical (unpaired) electrons. The second-order valence-electron chi connectivity index (χ2n) is 8.23. The molecule has 2 aromatic rings. The van der Waals surface area contributed by atoms with E-state index in [1.165, 1.54) is 0 Å². The van der Waals surface area contributed by atoms with Crippen LogP contribution >= 0.6 is 0 Å². The first-order valence-corrected chi connectivity index (χ1v) is 11.4. The van der Waals surface area contributed by atoms with Gasteiger partial charge in [0.05, 0.1) is 6.61 Å². The first-order valence-electron chi connectivity index (χ1n) is 11.4. The van der Waals surface area contributed by atoms with Crippen LogP contribution in [0, 0.1) is 5.92 Å². The van der Waals surface area contributed by atoms with E-state index in [1.54, 1.807) is 0 Å². The molecule has 162 valence electrons. The highest BCUT2D eigenvalue weighted by molar-refractivity contribution is 5.69. The number of benzene rings is 2. The van der Waals surface area contributed by atoms with Crippen LogP contribution in [-0.4, -0.2) is 42.2 Å². The molecule has 2 aromatic carbocycles. The van der Waals surface area contributed by atoms with Crippen molar-refractivity contribution in [1.82, 2.24) is 4.90 Å².